The van der Waals surface area contributed by atoms with E-state index in [2.05, 4.69) is 367 Å². The number of para-hydroxylation sites is 8. The molecule has 6 heteroatoms. The van der Waals surface area contributed by atoms with Gasteiger partial charge in [0.05, 0.1) is 66.5 Å². The maximum atomic E-state index is 2.64. The molecule has 446 valence electrons. The SMILES string of the molecule is c1ccc(-c2c3c4cccc5c6c(N(c7ccccc7)c7ccc8c(c7)c7ccccc7n8-c7ccccc7)cccc6n(c3c(-c3ccccc3)c3c6cccc7c8c(N(c9ccccc9)c9ccc%10c(c9)c9ccccc9n%10-c9ccccc9)cccc8n(c23)c76)c54)cc1. The molecule has 21 aromatic rings. The molecule has 6 heterocycles. The molecule has 0 fully saturated rings. The fourth-order valence-corrected chi connectivity index (χ4v) is 16.8. The molecule has 0 bridgehead atoms. The molecule has 0 radical (unpaired) electrons. The lowest BCUT2D eigenvalue weighted by Gasteiger charge is -2.27. The molecule has 0 aliphatic heterocycles. The monoisotopic (exact) mass is 1220 g/mol. The van der Waals surface area contributed by atoms with Crippen LogP contribution in [0, 0.1) is 0 Å². The third kappa shape index (κ3) is 7.29. The average Bonchev–Trinajstić information content (AvgIpc) is 1.49. The van der Waals surface area contributed by atoms with E-state index in [0.717, 1.165) is 56.5 Å². The smallest absolute Gasteiger partial charge is 0.0634 e. The van der Waals surface area contributed by atoms with Crippen LogP contribution in [0.5, 0.6) is 0 Å². The van der Waals surface area contributed by atoms with Crippen LogP contribution in [0.4, 0.5) is 34.1 Å². The topological polar surface area (TPSA) is 25.2 Å². The van der Waals surface area contributed by atoms with E-state index >= 15 is 0 Å². The zero-order chi connectivity index (χ0) is 62.7. The lowest BCUT2D eigenvalue weighted by Crippen LogP contribution is -2.10. The van der Waals surface area contributed by atoms with Crippen molar-refractivity contribution in [3.05, 3.63) is 340 Å². The van der Waals surface area contributed by atoms with E-state index in [-0.39, 0.29) is 0 Å². The highest BCUT2D eigenvalue weighted by molar-refractivity contribution is 6.39. The van der Waals surface area contributed by atoms with Crippen molar-refractivity contribution in [3.63, 3.8) is 0 Å². The molecule has 15 aromatic carbocycles. The molecule has 96 heavy (non-hydrogen) atoms. The number of hydrogen-bond donors (Lipinski definition) is 0. The first kappa shape index (κ1) is 52.7. The molecule has 0 aliphatic carbocycles. The van der Waals surface area contributed by atoms with Crippen LogP contribution in [-0.2, 0) is 0 Å². The summed E-state index contributed by atoms with van der Waals surface area (Å²) in [7, 11) is 0. The molecular weight excluding hydrogens is 1170 g/mol. The summed E-state index contributed by atoms with van der Waals surface area (Å²) in [4.78, 5) is 4.97. The number of rotatable bonds is 10. The first-order valence-electron chi connectivity index (χ1n) is 33.1. The first-order valence-corrected chi connectivity index (χ1v) is 33.1. The van der Waals surface area contributed by atoms with Gasteiger partial charge in [-0.3, -0.25) is 0 Å². The summed E-state index contributed by atoms with van der Waals surface area (Å²) in [6, 6.07) is 126. The van der Waals surface area contributed by atoms with Crippen LogP contribution in [0.15, 0.2) is 340 Å². The van der Waals surface area contributed by atoms with E-state index in [4.69, 9.17) is 0 Å². The lowest BCUT2D eigenvalue weighted by molar-refractivity contribution is 1.18. The largest absolute Gasteiger partial charge is 0.310 e. The van der Waals surface area contributed by atoms with E-state index in [1.807, 2.05) is 0 Å². The Morgan fingerprint density at radius 3 is 0.917 bits per heavy atom. The van der Waals surface area contributed by atoms with Gasteiger partial charge in [-0.15, -0.1) is 0 Å². The summed E-state index contributed by atoms with van der Waals surface area (Å²) in [5, 5.41) is 14.6. The Hall–Kier alpha value is -12.9. The van der Waals surface area contributed by atoms with E-state index in [1.54, 1.807) is 0 Å². The highest BCUT2D eigenvalue weighted by atomic mass is 15.2. The minimum atomic E-state index is 1.09. The maximum absolute atomic E-state index is 2.64. The van der Waals surface area contributed by atoms with Crippen molar-refractivity contribution in [3.8, 4) is 33.6 Å². The van der Waals surface area contributed by atoms with Crippen LogP contribution in [0.25, 0.3) is 153 Å². The van der Waals surface area contributed by atoms with E-state index in [9.17, 15) is 0 Å². The number of anilines is 6. The Morgan fingerprint density at radius 2 is 0.510 bits per heavy atom. The quantitative estimate of drug-likeness (QED) is 0.136. The second-order valence-corrected chi connectivity index (χ2v) is 25.5. The molecule has 0 N–H and O–H groups in total. The fraction of sp³-hybridized carbons (Fsp3) is 0. The van der Waals surface area contributed by atoms with Gasteiger partial charge in [0, 0.05) is 110 Å². The van der Waals surface area contributed by atoms with Crippen LogP contribution in [0.3, 0.4) is 0 Å². The van der Waals surface area contributed by atoms with Gasteiger partial charge in [0.1, 0.15) is 0 Å². The van der Waals surface area contributed by atoms with Crippen LogP contribution >= 0.6 is 0 Å². The van der Waals surface area contributed by atoms with Crippen molar-refractivity contribution in [1.29, 1.82) is 0 Å². The summed E-state index contributed by atoms with van der Waals surface area (Å²) in [6.45, 7) is 0. The van der Waals surface area contributed by atoms with E-state index in [1.165, 1.54) is 131 Å². The third-order valence-corrected chi connectivity index (χ3v) is 20.5. The van der Waals surface area contributed by atoms with Crippen molar-refractivity contribution in [2.75, 3.05) is 9.80 Å². The highest BCUT2D eigenvalue weighted by Crippen LogP contribution is 2.57. The van der Waals surface area contributed by atoms with Crippen molar-refractivity contribution < 1.29 is 0 Å². The second kappa shape index (κ2) is 20.3. The summed E-state index contributed by atoms with van der Waals surface area (Å²) in [5.41, 5.74) is 25.5. The zero-order valence-corrected chi connectivity index (χ0v) is 52.0. The Balaban J connectivity index is 0.858. The number of benzene rings is 15. The average molecular weight is 1220 g/mol. The minimum Gasteiger partial charge on any atom is -0.310 e. The van der Waals surface area contributed by atoms with Crippen molar-refractivity contribution in [2.45, 2.75) is 0 Å². The lowest BCUT2D eigenvalue weighted by atomic mass is 9.89. The first-order chi connectivity index (χ1) is 47.7. The number of aromatic nitrogens is 4. The van der Waals surface area contributed by atoms with Gasteiger partial charge < -0.3 is 27.7 Å². The Kier molecular flexibility index (Phi) is 11.1. The van der Waals surface area contributed by atoms with Gasteiger partial charge in [0.15, 0.2) is 0 Å². The van der Waals surface area contributed by atoms with Gasteiger partial charge in [-0.25, -0.2) is 0 Å². The second-order valence-electron chi connectivity index (χ2n) is 25.5. The molecule has 6 nitrogen and oxygen atoms in total. The molecule has 0 amide bonds. The van der Waals surface area contributed by atoms with E-state index < -0.39 is 0 Å². The van der Waals surface area contributed by atoms with Crippen LogP contribution in [0.1, 0.15) is 0 Å². The normalized spacial score (nSPS) is 12.2. The maximum Gasteiger partial charge on any atom is 0.0634 e. The summed E-state index contributed by atoms with van der Waals surface area (Å²) >= 11 is 0. The molecule has 0 atom stereocenters. The molecule has 0 saturated carbocycles. The minimum absolute atomic E-state index is 1.09. The Labute approximate surface area is 551 Å². The predicted molar refractivity (Wildman–Crippen MR) is 405 cm³/mol. The fourth-order valence-electron chi connectivity index (χ4n) is 16.8. The van der Waals surface area contributed by atoms with Crippen LogP contribution in [-0.4, -0.2) is 17.9 Å². The van der Waals surface area contributed by atoms with Gasteiger partial charge in [-0.2, -0.15) is 0 Å². The molecular formula is C90H56N6. The Morgan fingerprint density at radius 1 is 0.198 bits per heavy atom. The molecule has 0 unspecified atom stereocenters. The Bertz CT molecular complexity index is 6260. The van der Waals surface area contributed by atoms with Gasteiger partial charge in [0.2, 0.25) is 0 Å². The number of hydrogen-bond acceptors (Lipinski definition) is 2. The standard InChI is InChI=1S/C90H56N6/c1-7-27-57(28-8-1)81-85-69-43-23-41-67-84-78(92(60-33-13-4-14-34-60)64-52-54-76-72(56-64)66-40-20-22-46-74(66)94(76)62-37-17-6-18-38-62)48-26-50-80(84)96(87(67)69)90(85)82(58-29-9-2-10-30-58)86-70-44-24-42-68-83-77(47-25-49-79(83)95(88(68)70)89(81)86)91(59-31-11-3-12-32-59)63-51-53-75-71(55-63)65-39-19-21-45-73(65)93(75)61-35-15-5-16-36-61/h1-56H. The molecule has 6 aromatic heterocycles. The van der Waals surface area contributed by atoms with Crippen molar-refractivity contribution in [1.82, 2.24) is 17.9 Å². The molecule has 0 aliphatic rings. The van der Waals surface area contributed by atoms with Crippen molar-refractivity contribution >= 4 is 154 Å². The predicted octanol–water partition coefficient (Wildman–Crippen LogP) is 24.5. The van der Waals surface area contributed by atoms with Gasteiger partial charge in [0.25, 0.3) is 0 Å². The summed E-state index contributed by atoms with van der Waals surface area (Å²) < 4.78 is 10.1. The van der Waals surface area contributed by atoms with Crippen LogP contribution < -0.4 is 9.80 Å². The molecule has 21 rings (SSSR count). The van der Waals surface area contributed by atoms with Gasteiger partial charge >= 0.3 is 0 Å². The van der Waals surface area contributed by atoms with Crippen molar-refractivity contribution in [2.24, 2.45) is 0 Å². The third-order valence-electron chi connectivity index (χ3n) is 20.5. The highest BCUT2D eigenvalue weighted by Gasteiger charge is 2.33. The summed E-state index contributed by atoms with van der Waals surface area (Å²) in [6.07, 6.45) is 0. The number of fused-ring (bicyclic) bond motifs is 18. The van der Waals surface area contributed by atoms with Gasteiger partial charge in [-0.1, -0.05) is 218 Å². The number of nitrogens with zero attached hydrogens (tertiary/aromatic N) is 6. The van der Waals surface area contributed by atoms with Gasteiger partial charge in [-0.05, 0) is 132 Å². The molecule has 0 saturated heterocycles. The molecule has 0 spiro atoms. The summed E-state index contributed by atoms with van der Waals surface area (Å²) in [5.74, 6) is 0. The van der Waals surface area contributed by atoms with Crippen LogP contribution in [0.2, 0.25) is 0 Å². The zero-order valence-electron chi connectivity index (χ0n) is 52.0. The van der Waals surface area contributed by atoms with E-state index in [0.29, 0.717) is 0 Å².